The van der Waals surface area contributed by atoms with E-state index < -0.39 is 10.0 Å². The van der Waals surface area contributed by atoms with Gasteiger partial charge in [0, 0.05) is 12.6 Å². The molecule has 0 spiro atoms. The number of amides is 2. The zero-order chi connectivity index (χ0) is 21.6. The number of methoxy groups -OCH3 is 1. The van der Waals surface area contributed by atoms with Crippen LogP contribution in [0.3, 0.4) is 0 Å². The van der Waals surface area contributed by atoms with E-state index in [-0.39, 0.29) is 23.5 Å². The second-order valence-corrected chi connectivity index (χ2v) is 9.16. The smallest absolute Gasteiger partial charge is 0.319 e. The second-order valence-electron chi connectivity index (χ2n) is 7.30. The Labute approximate surface area is 178 Å². The molecule has 2 aromatic rings. The van der Waals surface area contributed by atoms with E-state index in [2.05, 4.69) is 10.6 Å². The minimum absolute atomic E-state index is 0.0852. The summed E-state index contributed by atoms with van der Waals surface area (Å²) in [5.41, 5.74) is 0.899. The second kappa shape index (κ2) is 9.84. The van der Waals surface area contributed by atoms with Crippen molar-refractivity contribution >= 4 is 27.4 Å². The van der Waals surface area contributed by atoms with E-state index in [1.54, 1.807) is 37.3 Å². The Hall–Kier alpha value is -2.74. The predicted octanol–water partition coefficient (Wildman–Crippen LogP) is 4.36. The molecule has 2 aromatic carbocycles. The van der Waals surface area contributed by atoms with E-state index in [9.17, 15) is 13.2 Å². The Balaban J connectivity index is 1.84. The van der Waals surface area contributed by atoms with Gasteiger partial charge >= 0.3 is 6.03 Å². The minimum atomic E-state index is -3.81. The van der Waals surface area contributed by atoms with Gasteiger partial charge in [0.05, 0.1) is 23.4 Å². The fourth-order valence-corrected chi connectivity index (χ4v) is 5.25. The number of hydrogen-bond donors (Lipinski definition) is 2. The van der Waals surface area contributed by atoms with Crippen LogP contribution in [0.5, 0.6) is 5.75 Å². The number of urea groups is 1. The van der Waals surface area contributed by atoms with Gasteiger partial charge in [-0.15, -0.1) is 0 Å². The van der Waals surface area contributed by atoms with Crippen LogP contribution in [0.1, 0.15) is 39.0 Å². The molecule has 1 fully saturated rings. The quantitative estimate of drug-likeness (QED) is 0.682. The molecule has 0 aromatic heterocycles. The van der Waals surface area contributed by atoms with E-state index >= 15 is 0 Å². The molecule has 3 rings (SSSR count). The number of nitrogens with one attached hydrogen (secondary N) is 2. The van der Waals surface area contributed by atoms with Crippen LogP contribution in [0.25, 0.3) is 0 Å². The number of benzene rings is 2. The van der Waals surface area contributed by atoms with Crippen molar-refractivity contribution in [1.82, 2.24) is 5.32 Å². The summed E-state index contributed by atoms with van der Waals surface area (Å²) in [5, 5.41) is 5.73. The summed E-state index contributed by atoms with van der Waals surface area (Å²) in [5.74, 6) is 0.399. The molecule has 30 heavy (non-hydrogen) atoms. The maximum absolute atomic E-state index is 13.3. The number of carbonyl (C=O) groups excluding carboxylic acids is 1. The summed E-state index contributed by atoms with van der Waals surface area (Å²) < 4.78 is 33.2. The molecular formula is C22H29N3O4S. The highest BCUT2D eigenvalue weighted by Crippen LogP contribution is 2.31. The lowest BCUT2D eigenvalue weighted by molar-refractivity contribution is 0.244. The van der Waals surface area contributed by atoms with Crippen molar-refractivity contribution < 1.29 is 17.9 Å². The fraction of sp³-hybridized carbons (Fsp3) is 0.409. The molecule has 0 bridgehead atoms. The van der Waals surface area contributed by atoms with Gasteiger partial charge in [-0.25, -0.2) is 13.2 Å². The zero-order valence-corrected chi connectivity index (χ0v) is 18.2. The van der Waals surface area contributed by atoms with Crippen molar-refractivity contribution in [3.63, 3.8) is 0 Å². The molecule has 0 saturated heterocycles. The van der Waals surface area contributed by atoms with Gasteiger partial charge in [-0.05, 0) is 50.1 Å². The van der Waals surface area contributed by atoms with Crippen LogP contribution >= 0.6 is 0 Å². The highest BCUT2D eigenvalue weighted by atomic mass is 32.2. The number of carbonyl (C=O) groups is 1. The Morgan fingerprint density at radius 2 is 1.80 bits per heavy atom. The summed E-state index contributed by atoms with van der Waals surface area (Å²) in [6, 6.07) is 13.2. The largest absolute Gasteiger partial charge is 0.495 e. The van der Waals surface area contributed by atoms with Crippen molar-refractivity contribution in [2.75, 3.05) is 23.3 Å². The number of ether oxygens (including phenoxy) is 1. The van der Waals surface area contributed by atoms with Gasteiger partial charge in [-0.1, -0.05) is 37.5 Å². The molecule has 1 aliphatic carbocycles. The van der Waals surface area contributed by atoms with Crippen molar-refractivity contribution in [3.05, 3.63) is 48.5 Å². The number of anilines is 2. The third kappa shape index (κ3) is 5.05. The van der Waals surface area contributed by atoms with Crippen molar-refractivity contribution in [3.8, 4) is 5.75 Å². The summed E-state index contributed by atoms with van der Waals surface area (Å²) in [6.07, 6.45) is 5.33. The van der Waals surface area contributed by atoms with Gasteiger partial charge in [0.2, 0.25) is 0 Å². The fourth-order valence-electron chi connectivity index (χ4n) is 3.75. The van der Waals surface area contributed by atoms with Gasteiger partial charge in [-0.2, -0.15) is 0 Å². The van der Waals surface area contributed by atoms with Crippen LogP contribution in [0.2, 0.25) is 0 Å². The molecule has 2 amide bonds. The molecule has 162 valence electrons. The Kier molecular flexibility index (Phi) is 7.20. The molecule has 1 saturated carbocycles. The molecule has 1 aliphatic rings. The summed E-state index contributed by atoms with van der Waals surface area (Å²) in [7, 11) is -2.33. The highest BCUT2D eigenvalue weighted by Gasteiger charge is 2.25. The highest BCUT2D eigenvalue weighted by molar-refractivity contribution is 7.92. The van der Waals surface area contributed by atoms with Crippen LogP contribution in [0.4, 0.5) is 16.2 Å². The molecule has 0 atom stereocenters. The van der Waals surface area contributed by atoms with E-state index in [0.29, 0.717) is 17.1 Å². The Morgan fingerprint density at radius 3 is 2.43 bits per heavy atom. The molecule has 7 nitrogen and oxygen atoms in total. The van der Waals surface area contributed by atoms with E-state index in [4.69, 9.17) is 4.74 Å². The lowest BCUT2D eigenvalue weighted by Crippen LogP contribution is -2.39. The lowest BCUT2D eigenvalue weighted by Gasteiger charge is -2.24. The lowest BCUT2D eigenvalue weighted by atomic mass is 9.96. The van der Waals surface area contributed by atoms with Gasteiger partial charge in [0.15, 0.2) is 0 Å². The molecule has 0 radical (unpaired) electrons. The zero-order valence-electron chi connectivity index (χ0n) is 17.4. The Morgan fingerprint density at radius 1 is 1.10 bits per heavy atom. The van der Waals surface area contributed by atoms with Crippen LogP contribution in [0.15, 0.2) is 53.4 Å². The van der Waals surface area contributed by atoms with E-state index in [1.807, 2.05) is 6.07 Å². The van der Waals surface area contributed by atoms with Gasteiger partial charge < -0.3 is 15.4 Å². The molecule has 0 unspecified atom stereocenters. The van der Waals surface area contributed by atoms with Crippen LogP contribution in [0, 0.1) is 0 Å². The Bertz CT molecular complexity index is 958. The molecule has 0 heterocycles. The number of hydrogen-bond acceptors (Lipinski definition) is 4. The number of nitrogens with zero attached hydrogens (tertiary/aromatic N) is 1. The first-order chi connectivity index (χ1) is 14.5. The monoisotopic (exact) mass is 431 g/mol. The predicted molar refractivity (Wildman–Crippen MR) is 119 cm³/mol. The van der Waals surface area contributed by atoms with Crippen LogP contribution < -0.4 is 19.7 Å². The molecule has 2 N–H and O–H groups in total. The van der Waals surface area contributed by atoms with Gasteiger partial charge in [0.1, 0.15) is 5.75 Å². The maximum Gasteiger partial charge on any atom is 0.319 e. The standard InChI is InChI=1S/C22H29N3O4S/c1-3-25(18-12-8-5-9-13-18)30(27,28)19-14-15-21(29-2)20(16-19)24-22(26)23-17-10-6-4-7-11-17/h5,8-9,12-17H,3-4,6-7,10-11H2,1-2H3,(H2,23,24,26). The molecule has 8 heteroatoms. The number of sulfonamides is 1. The first-order valence-corrected chi connectivity index (χ1v) is 11.7. The summed E-state index contributed by atoms with van der Waals surface area (Å²) in [4.78, 5) is 12.6. The normalized spacial score (nSPS) is 14.7. The van der Waals surface area contributed by atoms with Gasteiger partial charge in [-0.3, -0.25) is 4.31 Å². The van der Waals surface area contributed by atoms with Gasteiger partial charge in [0.25, 0.3) is 10.0 Å². The average molecular weight is 432 g/mol. The number of rotatable bonds is 7. The van der Waals surface area contributed by atoms with Crippen molar-refractivity contribution in [2.24, 2.45) is 0 Å². The molecule has 0 aliphatic heterocycles. The topological polar surface area (TPSA) is 87.7 Å². The summed E-state index contributed by atoms with van der Waals surface area (Å²) >= 11 is 0. The third-order valence-electron chi connectivity index (χ3n) is 5.28. The van der Waals surface area contributed by atoms with Crippen LogP contribution in [-0.2, 0) is 10.0 Å². The first-order valence-electron chi connectivity index (χ1n) is 10.3. The molecular weight excluding hydrogens is 402 g/mol. The first kappa shape index (κ1) is 22.0. The number of para-hydroxylation sites is 1. The summed E-state index contributed by atoms with van der Waals surface area (Å²) in [6.45, 7) is 2.06. The van der Waals surface area contributed by atoms with Crippen molar-refractivity contribution in [1.29, 1.82) is 0 Å². The maximum atomic E-state index is 13.3. The van der Waals surface area contributed by atoms with E-state index in [1.165, 1.54) is 30.0 Å². The van der Waals surface area contributed by atoms with E-state index in [0.717, 1.165) is 25.7 Å². The van der Waals surface area contributed by atoms with Crippen LogP contribution in [-0.4, -0.2) is 34.1 Å². The SMILES string of the molecule is CCN(c1ccccc1)S(=O)(=O)c1ccc(OC)c(NC(=O)NC2CCCCC2)c1. The van der Waals surface area contributed by atoms with Crippen molar-refractivity contribution in [2.45, 2.75) is 50.0 Å². The third-order valence-corrected chi connectivity index (χ3v) is 7.18. The minimum Gasteiger partial charge on any atom is -0.495 e. The average Bonchev–Trinajstić information content (AvgIpc) is 2.75.